The van der Waals surface area contributed by atoms with Gasteiger partial charge in [0.2, 0.25) is 0 Å². The quantitative estimate of drug-likeness (QED) is 0.821. The molecule has 0 saturated carbocycles. The molecule has 0 aliphatic carbocycles. The van der Waals surface area contributed by atoms with Gasteiger partial charge < -0.3 is 15.8 Å². The third-order valence-corrected chi connectivity index (χ3v) is 3.21. The van der Waals surface area contributed by atoms with E-state index in [-0.39, 0.29) is 17.5 Å². The van der Waals surface area contributed by atoms with Crippen molar-refractivity contribution in [3.63, 3.8) is 0 Å². The maximum Gasteiger partial charge on any atom is 0.293 e. The third kappa shape index (κ3) is 6.69. The van der Waals surface area contributed by atoms with Crippen molar-refractivity contribution in [3.8, 4) is 0 Å². The SMILES string of the molecule is CC(C)(C)OC=O.N[C@@H]1CNCC[C@H]1c1cccc(F)c1. The van der Waals surface area contributed by atoms with Crippen LogP contribution in [0, 0.1) is 5.82 Å². The van der Waals surface area contributed by atoms with Gasteiger partial charge in [-0.05, 0) is 51.4 Å². The summed E-state index contributed by atoms with van der Waals surface area (Å²) in [7, 11) is 0. The predicted molar refractivity (Wildman–Crippen MR) is 81.5 cm³/mol. The molecule has 21 heavy (non-hydrogen) atoms. The fourth-order valence-corrected chi connectivity index (χ4v) is 2.18. The molecule has 0 radical (unpaired) electrons. The van der Waals surface area contributed by atoms with E-state index in [1.165, 1.54) is 6.07 Å². The number of ether oxygens (including phenoxy) is 1. The number of benzene rings is 1. The van der Waals surface area contributed by atoms with Crippen LogP contribution in [0.25, 0.3) is 0 Å². The molecule has 0 spiro atoms. The smallest absolute Gasteiger partial charge is 0.293 e. The molecule has 0 amide bonds. The Morgan fingerprint density at radius 3 is 2.62 bits per heavy atom. The summed E-state index contributed by atoms with van der Waals surface area (Å²) in [6, 6.07) is 6.87. The Kier molecular flexibility index (Phi) is 6.78. The van der Waals surface area contributed by atoms with Crippen molar-refractivity contribution < 1.29 is 13.9 Å². The van der Waals surface area contributed by atoms with Gasteiger partial charge in [-0.2, -0.15) is 0 Å². The number of halogens is 1. The van der Waals surface area contributed by atoms with Crippen LogP contribution >= 0.6 is 0 Å². The van der Waals surface area contributed by atoms with Gasteiger partial charge in [0.25, 0.3) is 6.47 Å². The molecule has 0 unspecified atom stereocenters. The monoisotopic (exact) mass is 296 g/mol. The van der Waals surface area contributed by atoms with Gasteiger partial charge in [0, 0.05) is 18.5 Å². The number of hydrogen-bond donors (Lipinski definition) is 2. The largest absolute Gasteiger partial charge is 0.462 e. The van der Waals surface area contributed by atoms with Crippen molar-refractivity contribution in [2.24, 2.45) is 5.73 Å². The first-order valence-corrected chi connectivity index (χ1v) is 7.16. The van der Waals surface area contributed by atoms with E-state index in [1.54, 1.807) is 12.1 Å². The maximum absolute atomic E-state index is 13.0. The molecule has 4 nitrogen and oxygen atoms in total. The fourth-order valence-electron chi connectivity index (χ4n) is 2.18. The van der Waals surface area contributed by atoms with Gasteiger partial charge in [0.05, 0.1) is 0 Å². The second-order valence-corrected chi connectivity index (χ2v) is 6.14. The van der Waals surface area contributed by atoms with E-state index in [2.05, 4.69) is 10.1 Å². The van der Waals surface area contributed by atoms with E-state index in [0.717, 1.165) is 25.1 Å². The van der Waals surface area contributed by atoms with Crippen molar-refractivity contribution in [1.82, 2.24) is 5.32 Å². The number of rotatable bonds is 2. The molecule has 5 heteroatoms. The highest BCUT2D eigenvalue weighted by atomic mass is 19.1. The summed E-state index contributed by atoms with van der Waals surface area (Å²) in [5, 5.41) is 3.23. The zero-order valence-corrected chi connectivity index (χ0v) is 12.9. The molecular weight excluding hydrogens is 271 g/mol. The zero-order chi connectivity index (χ0) is 15.9. The number of carbonyl (C=O) groups excluding carboxylic acids is 1. The van der Waals surface area contributed by atoms with Gasteiger partial charge in [0.1, 0.15) is 11.4 Å². The van der Waals surface area contributed by atoms with E-state index >= 15 is 0 Å². The van der Waals surface area contributed by atoms with Gasteiger partial charge in [-0.1, -0.05) is 12.1 Å². The van der Waals surface area contributed by atoms with Crippen molar-refractivity contribution >= 4 is 6.47 Å². The average Bonchev–Trinajstić information content (AvgIpc) is 2.38. The molecule has 2 rings (SSSR count). The topological polar surface area (TPSA) is 64.3 Å². The molecular formula is C16H25FN2O2. The summed E-state index contributed by atoms with van der Waals surface area (Å²) in [5.41, 5.74) is 6.69. The summed E-state index contributed by atoms with van der Waals surface area (Å²) in [6.45, 7) is 7.71. The van der Waals surface area contributed by atoms with Crippen molar-refractivity contribution in [3.05, 3.63) is 35.6 Å². The van der Waals surface area contributed by atoms with Gasteiger partial charge in [-0.25, -0.2) is 4.39 Å². The lowest BCUT2D eigenvalue weighted by Gasteiger charge is -2.29. The molecule has 1 aromatic carbocycles. The summed E-state index contributed by atoms with van der Waals surface area (Å²) >= 11 is 0. The Hall–Kier alpha value is -1.46. The molecule has 1 heterocycles. The lowest BCUT2D eigenvalue weighted by Crippen LogP contribution is -2.44. The molecule has 2 atom stereocenters. The van der Waals surface area contributed by atoms with Crippen molar-refractivity contribution in [2.45, 2.75) is 44.8 Å². The normalized spacial score (nSPS) is 22.0. The second kappa shape index (κ2) is 8.10. The van der Waals surface area contributed by atoms with Crippen LogP contribution in [0.3, 0.4) is 0 Å². The van der Waals surface area contributed by atoms with E-state index in [9.17, 15) is 9.18 Å². The zero-order valence-electron chi connectivity index (χ0n) is 12.9. The molecule has 3 N–H and O–H groups in total. The molecule has 1 saturated heterocycles. The number of piperidine rings is 1. The second-order valence-electron chi connectivity index (χ2n) is 6.14. The lowest BCUT2D eigenvalue weighted by atomic mass is 9.87. The lowest BCUT2D eigenvalue weighted by molar-refractivity contribution is -0.138. The number of nitrogens with two attached hydrogens (primary N) is 1. The van der Waals surface area contributed by atoms with E-state index in [0.29, 0.717) is 12.4 Å². The standard InChI is InChI=1S/C11H15FN2.C5H10O2/c12-9-3-1-2-8(6-9)10-4-5-14-7-11(10)13;1-5(2,3)7-4-6/h1-3,6,10-11,14H,4-5,7,13H2;4H,1-3H3/t10-,11+;/m0./s1. The Labute approximate surface area is 125 Å². The van der Waals surface area contributed by atoms with E-state index in [1.807, 2.05) is 26.8 Å². The Balaban J connectivity index is 0.000000270. The van der Waals surface area contributed by atoms with Crippen LogP contribution in [0.1, 0.15) is 38.7 Å². The molecule has 1 aromatic rings. The minimum atomic E-state index is -0.318. The first kappa shape index (κ1) is 17.6. The van der Waals surface area contributed by atoms with Gasteiger partial charge in [-0.3, -0.25) is 4.79 Å². The first-order valence-electron chi connectivity index (χ1n) is 7.16. The summed E-state index contributed by atoms with van der Waals surface area (Å²) in [4.78, 5) is 9.60. The first-order chi connectivity index (χ1) is 9.83. The summed E-state index contributed by atoms with van der Waals surface area (Å²) in [5.74, 6) is 0.125. The van der Waals surface area contributed by atoms with Crippen LogP contribution in [0.4, 0.5) is 4.39 Å². The number of carbonyl (C=O) groups is 1. The molecule has 1 aliphatic rings. The maximum atomic E-state index is 13.0. The highest BCUT2D eigenvalue weighted by molar-refractivity contribution is 5.37. The number of nitrogens with one attached hydrogen (secondary N) is 1. The van der Waals surface area contributed by atoms with E-state index < -0.39 is 0 Å². The summed E-state index contributed by atoms with van der Waals surface area (Å²) < 4.78 is 17.5. The van der Waals surface area contributed by atoms with Crippen molar-refractivity contribution in [1.29, 1.82) is 0 Å². The highest BCUT2D eigenvalue weighted by Crippen LogP contribution is 2.24. The van der Waals surface area contributed by atoms with Gasteiger partial charge in [0.15, 0.2) is 0 Å². The van der Waals surface area contributed by atoms with Crippen LogP contribution in [0.2, 0.25) is 0 Å². The van der Waals surface area contributed by atoms with Crippen LogP contribution in [-0.4, -0.2) is 31.2 Å². The molecule has 1 aliphatic heterocycles. The fraction of sp³-hybridized carbons (Fsp3) is 0.562. The van der Waals surface area contributed by atoms with Gasteiger partial charge in [-0.15, -0.1) is 0 Å². The van der Waals surface area contributed by atoms with Crippen LogP contribution < -0.4 is 11.1 Å². The third-order valence-electron chi connectivity index (χ3n) is 3.21. The minimum absolute atomic E-state index is 0.102. The highest BCUT2D eigenvalue weighted by Gasteiger charge is 2.23. The Morgan fingerprint density at radius 2 is 2.14 bits per heavy atom. The van der Waals surface area contributed by atoms with Crippen LogP contribution in [0.5, 0.6) is 0 Å². The van der Waals surface area contributed by atoms with Crippen molar-refractivity contribution in [2.75, 3.05) is 13.1 Å². The van der Waals surface area contributed by atoms with Gasteiger partial charge >= 0.3 is 0 Å². The van der Waals surface area contributed by atoms with E-state index in [4.69, 9.17) is 5.73 Å². The molecule has 118 valence electrons. The Morgan fingerprint density at radius 1 is 1.43 bits per heavy atom. The predicted octanol–water partition coefficient (Wildman–Crippen LogP) is 2.19. The Bertz CT molecular complexity index is 446. The summed E-state index contributed by atoms with van der Waals surface area (Å²) in [6.07, 6.45) is 0.991. The molecule has 1 fully saturated rings. The molecule has 0 aromatic heterocycles. The van der Waals surface area contributed by atoms with Crippen LogP contribution in [0.15, 0.2) is 24.3 Å². The number of hydrogen-bond acceptors (Lipinski definition) is 4. The molecule has 0 bridgehead atoms. The minimum Gasteiger partial charge on any atom is -0.462 e. The average molecular weight is 296 g/mol. The van der Waals surface area contributed by atoms with Crippen LogP contribution in [-0.2, 0) is 9.53 Å².